The van der Waals surface area contributed by atoms with Crippen molar-refractivity contribution >= 4 is 11.6 Å². The van der Waals surface area contributed by atoms with Gasteiger partial charge < -0.3 is 19.5 Å². The zero-order valence-electron chi connectivity index (χ0n) is 12.7. The summed E-state index contributed by atoms with van der Waals surface area (Å²) in [6.45, 7) is 5.15. The standard InChI is InChI=1S/C16H23NO4/c1-3-5-6-7-17-13-8-12(10-18)9-14(20-4-2)16(13)21-11-15(17)19/h8-9,18H,3-7,10-11H2,1-2H3. The third-order valence-corrected chi connectivity index (χ3v) is 3.49. The summed E-state index contributed by atoms with van der Waals surface area (Å²) in [5.74, 6) is 1.15. The molecule has 21 heavy (non-hydrogen) atoms. The van der Waals surface area contributed by atoms with Gasteiger partial charge in [0, 0.05) is 6.54 Å². The van der Waals surface area contributed by atoms with E-state index in [1.165, 1.54) is 0 Å². The monoisotopic (exact) mass is 293 g/mol. The summed E-state index contributed by atoms with van der Waals surface area (Å²) in [5, 5.41) is 9.40. The Morgan fingerprint density at radius 2 is 2.14 bits per heavy atom. The molecule has 0 saturated heterocycles. The highest BCUT2D eigenvalue weighted by atomic mass is 16.5. The van der Waals surface area contributed by atoms with Crippen LogP contribution in [0.25, 0.3) is 0 Å². The van der Waals surface area contributed by atoms with Crippen LogP contribution >= 0.6 is 0 Å². The highest BCUT2D eigenvalue weighted by Crippen LogP contribution is 2.41. The van der Waals surface area contributed by atoms with Crippen LogP contribution in [0.3, 0.4) is 0 Å². The van der Waals surface area contributed by atoms with Crippen LogP contribution < -0.4 is 14.4 Å². The highest BCUT2D eigenvalue weighted by molar-refractivity contribution is 5.98. The second-order valence-electron chi connectivity index (χ2n) is 5.07. The number of aliphatic hydroxyl groups excluding tert-OH is 1. The average Bonchev–Trinajstić information content (AvgIpc) is 2.49. The third kappa shape index (κ3) is 3.47. The molecule has 0 bridgehead atoms. The minimum Gasteiger partial charge on any atom is -0.490 e. The first kappa shape index (κ1) is 15.6. The van der Waals surface area contributed by atoms with Crippen molar-refractivity contribution < 1.29 is 19.4 Å². The largest absolute Gasteiger partial charge is 0.490 e. The third-order valence-electron chi connectivity index (χ3n) is 3.49. The summed E-state index contributed by atoms with van der Waals surface area (Å²) in [5.41, 5.74) is 1.42. The van der Waals surface area contributed by atoms with Gasteiger partial charge in [0.25, 0.3) is 5.91 Å². The van der Waals surface area contributed by atoms with E-state index in [9.17, 15) is 9.90 Å². The van der Waals surface area contributed by atoms with E-state index in [0.717, 1.165) is 24.8 Å². The Bertz CT molecular complexity index is 501. The number of carbonyl (C=O) groups excluding carboxylic acids is 1. The number of hydrogen-bond acceptors (Lipinski definition) is 4. The van der Waals surface area contributed by atoms with Gasteiger partial charge in [-0.15, -0.1) is 0 Å². The fourth-order valence-corrected chi connectivity index (χ4v) is 2.45. The van der Waals surface area contributed by atoms with Crippen molar-refractivity contribution in [2.24, 2.45) is 0 Å². The van der Waals surface area contributed by atoms with Gasteiger partial charge in [-0.3, -0.25) is 4.79 Å². The summed E-state index contributed by atoms with van der Waals surface area (Å²) >= 11 is 0. The Morgan fingerprint density at radius 3 is 2.81 bits per heavy atom. The topological polar surface area (TPSA) is 59.0 Å². The van der Waals surface area contributed by atoms with E-state index in [1.54, 1.807) is 17.0 Å². The predicted octanol–water partition coefficient (Wildman–Crippen LogP) is 2.49. The Morgan fingerprint density at radius 1 is 1.33 bits per heavy atom. The van der Waals surface area contributed by atoms with Crippen molar-refractivity contribution in [2.45, 2.75) is 39.7 Å². The first-order valence-electron chi connectivity index (χ1n) is 7.55. The lowest BCUT2D eigenvalue weighted by molar-refractivity contribution is -0.121. The predicted molar refractivity (Wildman–Crippen MR) is 80.9 cm³/mol. The van der Waals surface area contributed by atoms with E-state index < -0.39 is 0 Å². The molecule has 0 fully saturated rings. The van der Waals surface area contributed by atoms with Crippen molar-refractivity contribution in [3.63, 3.8) is 0 Å². The smallest absolute Gasteiger partial charge is 0.265 e. The summed E-state index contributed by atoms with van der Waals surface area (Å²) in [7, 11) is 0. The van der Waals surface area contributed by atoms with Crippen LogP contribution in [-0.4, -0.2) is 30.8 Å². The number of rotatable bonds is 7. The number of anilines is 1. The molecule has 5 nitrogen and oxygen atoms in total. The first-order chi connectivity index (χ1) is 10.2. The van der Waals surface area contributed by atoms with Crippen molar-refractivity contribution in [1.82, 2.24) is 0 Å². The molecule has 0 radical (unpaired) electrons. The van der Waals surface area contributed by atoms with Gasteiger partial charge in [-0.25, -0.2) is 0 Å². The van der Waals surface area contributed by atoms with Crippen molar-refractivity contribution in [3.05, 3.63) is 17.7 Å². The normalized spacial score (nSPS) is 13.9. The van der Waals surface area contributed by atoms with Gasteiger partial charge in [-0.2, -0.15) is 0 Å². The number of nitrogens with zero attached hydrogens (tertiary/aromatic N) is 1. The lowest BCUT2D eigenvalue weighted by atomic mass is 10.1. The number of aliphatic hydroxyl groups is 1. The minimum atomic E-state index is -0.0929. The second kappa shape index (κ2) is 7.31. The molecule has 0 atom stereocenters. The second-order valence-corrected chi connectivity index (χ2v) is 5.07. The molecular formula is C16H23NO4. The van der Waals surface area contributed by atoms with Gasteiger partial charge in [0.15, 0.2) is 18.1 Å². The van der Waals surface area contributed by atoms with Crippen LogP contribution in [0.2, 0.25) is 0 Å². The van der Waals surface area contributed by atoms with Gasteiger partial charge in [0.1, 0.15) is 0 Å². The Labute approximate surface area is 125 Å². The highest BCUT2D eigenvalue weighted by Gasteiger charge is 2.28. The SMILES string of the molecule is CCCCCN1C(=O)COc2c(OCC)cc(CO)cc21. The molecule has 1 aromatic carbocycles. The summed E-state index contributed by atoms with van der Waals surface area (Å²) in [6, 6.07) is 3.57. The number of hydrogen-bond donors (Lipinski definition) is 1. The van der Waals surface area contributed by atoms with E-state index in [0.29, 0.717) is 30.3 Å². The molecular weight excluding hydrogens is 270 g/mol. The van der Waals surface area contributed by atoms with Gasteiger partial charge in [0.2, 0.25) is 0 Å². The van der Waals surface area contributed by atoms with Crippen molar-refractivity contribution in [1.29, 1.82) is 0 Å². The number of benzene rings is 1. The van der Waals surface area contributed by atoms with E-state index >= 15 is 0 Å². The van der Waals surface area contributed by atoms with E-state index in [1.807, 2.05) is 6.92 Å². The minimum absolute atomic E-state index is 0.0394. The van der Waals surface area contributed by atoms with Gasteiger partial charge in [0.05, 0.1) is 18.9 Å². The molecule has 1 aliphatic heterocycles. The quantitative estimate of drug-likeness (QED) is 0.785. The molecule has 1 amide bonds. The zero-order chi connectivity index (χ0) is 15.2. The van der Waals surface area contributed by atoms with Gasteiger partial charge in [-0.1, -0.05) is 19.8 Å². The lowest BCUT2D eigenvalue weighted by Gasteiger charge is -2.31. The Hall–Kier alpha value is -1.75. The van der Waals surface area contributed by atoms with Crippen LogP contribution in [0, 0.1) is 0 Å². The van der Waals surface area contributed by atoms with Crippen molar-refractivity contribution in [3.8, 4) is 11.5 Å². The molecule has 0 aromatic heterocycles. The van der Waals surface area contributed by atoms with E-state index in [-0.39, 0.29) is 19.1 Å². The maximum absolute atomic E-state index is 12.1. The number of fused-ring (bicyclic) bond motifs is 1. The summed E-state index contributed by atoms with van der Waals surface area (Å²) < 4.78 is 11.1. The summed E-state index contributed by atoms with van der Waals surface area (Å²) in [4.78, 5) is 13.9. The molecule has 1 N–H and O–H groups in total. The number of carbonyl (C=O) groups is 1. The van der Waals surface area contributed by atoms with Gasteiger partial charge >= 0.3 is 0 Å². The van der Waals surface area contributed by atoms with Crippen LogP contribution in [0.5, 0.6) is 11.5 Å². The number of ether oxygens (including phenoxy) is 2. The van der Waals surface area contributed by atoms with Crippen LogP contribution in [-0.2, 0) is 11.4 Å². The number of unbranched alkanes of at least 4 members (excludes halogenated alkanes) is 2. The molecule has 5 heteroatoms. The number of amides is 1. The molecule has 0 aliphatic carbocycles. The molecule has 0 unspecified atom stereocenters. The van der Waals surface area contributed by atoms with Crippen molar-refractivity contribution in [2.75, 3.05) is 24.7 Å². The molecule has 1 aromatic rings. The van der Waals surface area contributed by atoms with Crippen LogP contribution in [0.4, 0.5) is 5.69 Å². The molecule has 0 spiro atoms. The first-order valence-corrected chi connectivity index (χ1v) is 7.55. The molecule has 2 rings (SSSR count). The molecule has 1 aliphatic rings. The molecule has 0 saturated carbocycles. The Kier molecular flexibility index (Phi) is 5.44. The van der Waals surface area contributed by atoms with Crippen LogP contribution in [0.15, 0.2) is 12.1 Å². The van der Waals surface area contributed by atoms with Crippen LogP contribution in [0.1, 0.15) is 38.7 Å². The zero-order valence-corrected chi connectivity index (χ0v) is 12.7. The molecule has 1 heterocycles. The molecule has 116 valence electrons. The Balaban J connectivity index is 2.35. The fourth-order valence-electron chi connectivity index (χ4n) is 2.45. The van der Waals surface area contributed by atoms with Gasteiger partial charge in [-0.05, 0) is 31.0 Å². The summed E-state index contributed by atoms with van der Waals surface area (Å²) in [6.07, 6.45) is 3.14. The lowest BCUT2D eigenvalue weighted by Crippen LogP contribution is -2.39. The van der Waals surface area contributed by atoms with E-state index in [4.69, 9.17) is 9.47 Å². The van der Waals surface area contributed by atoms with E-state index in [2.05, 4.69) is 6.92 Å². The maximum Gasteiger partial charge on any atom is 0.265 e. The average molecular weight is 293 g/mol. The fraction of sp³-hybridized carbons (Fsp3) is 0.562. The maximum atomic E-state index is 12.1.